The fraction of sp³-hybridized carbons (Fsp3) is 0.333. The lowest BCUT2D eigenvalue weighted by Crippen LogP contribution is -2.52. The largest absolute Gasteiger partial charge is 0.416 e. The Hall–Kier alpha value is -3.83. The third kappa shape index (κ3) is 4.67. The summed E-state index contributed by atoms with van der Waals surface area (Å²) in [4.78, 5) is 49.8. The van der Waals surface area contributed by atoms with E-state index in [2.05, 4.69) is 5.32 Å². The molecule has 0 radical (unpaired) electrons. The van der Waals surface area contributed by atoms with Crippen molar-refractivity contribution in [2.75, 3.05) is 0 Å². The van der Waals surface area contributed by atoms with Crippen LogP contribution in [-0.2, 0) is 39.6 Å². The second kappa shape index (κ2) is 8.99. The van der Waals surface area contributed by atoms with Crippen molar-refractivity contribution in [3.63, 3.8) is 0 Å². The number of piperidine rings is 1. The van der Waals surface area contributed by atoms with E-state index in [0.717, 1.165) is 6.07 Å². The van der Waals surface area contributed by atoms with Gasteiger partial charge in [-0.1, -0.05) is 29.8 Å². The molecule has 0 aliphatic carbocycles. The van der Waals surface area contributed by atoms with Gasteiger partial charge in [-0.3, -0.25) is 24.5 Å². The summed E-state index contributed by atoms with van der Waals surface area (Å²) in [6.07, 6.45) is -4.83. The minimum absolute atomic E-state index is 0.0384. The number of nitrogens with zero attached hydrogens (tertiary/aromatic N) is 1. The van der Waals surface area contributed by atoms with Gasteiger partial charge in [-0.05, 0) is 36.6 Å². The molecule has 0 unspecified atom stereocenters. The standard InChI is InChI=1S/C24H20F5N3O4/c1-12-2-5-16(17(8-12)24(27,28)29)23(25,26)22(36)30-10-13-3-4-15-14(9-13)11-32(21(15)35)18-6-7-19(33)31-20(18)34/h2-5,8-9,18H,6-7,10-11H2,1H3,(H,30,36)(H,31,33,34)/t18-/m1/s1. The number of alkyl halides is 5. The molecule has 0 spiro atoms. The molecule has 2 N–H and O–H groups in total. The number of hydrogen-bond acceptors (Lipinski definition) is 4. The van der Waals surface area contributed by atoms with Crippen molar-refractivity contribution in [3.8, 4) is 0 Å². The van der Waals surface area contributed by atoms with Gasteiger partial charge in [0.1, 0.15) is 6.04 Å². The highest BCUT2D eigenvalue weighted by atomic mass is 19.4. The van der Waals surface area contributed by atoms with Crippen molar-refractivity contribution in [1.29, 1.82) is 0 Å². The fourth-order valence-corrected chi connectivity index (χ4v) is 4.32. The highest BCUT2D eigenvalue weighted by Gasteiger charge is 2.47. The Morgan fingerprint density at radius 2 is 1.78 bits per heavy atom. The Morgan fingerprint density at radius 3 is 2.44 bits per heavy atom. The molecule has 0 bridgehead atoms. The highest BCUT2D eigenvalue weighted by Crippen LogP contribution is 2.40. The number of imide groups is 1. The minimum Gasteiger partial charge on any atom is -0.346 e. The van der Waals surface area contributed by atoms with Crippen LogP contribution >= 0.6 is 0 Å². The molecule has 190 valence electrons. The molecule has 1 fully saturated rings. The quantitative estimate of drug-likeness (QED) is 0.478. The molecule has 36 heavy (non-hydrogen) atoms. The average molecular weight is 509 g/mol. The topological polar surface area (TPSA) is 95.6 Å². The van der Waals surface area contributed by atoms with E-state index in [1.807, 2.05) is 5.32 Å². The first-order valence-corrected chi connectivity index (χ1v) is 10.9. The summed E-state index contributed by atoms with van der Waals surface area (Å²) in [6, 6.07) is 5.70. The summed E-state index contributed by atoms with van der Waals surface area (Å²) in [6.45, 7) is 0.926. The molecule has 2 aliphatic heterocycles. The SMILES string of the molecule is Cc1ccc(C(F)(F)C(=O)NCc2ccc3c(c2)CN([C@@H]2CCC(=O)NC2=O)C3=O)c(C(F)(F)F)c1. The minimum atomic E-state index is -5.08. The highest BCUT2D eigenvalue weighted by molar-refractivity contribution is 6.05. The van der Waals surface area contributed by atoms with Gasteiger partial charge in [-0.15, -0.1) is 0 Å². The normalized spacial score (nSPS) is 18.2. The van der Waals surface area contributed by atoms with Crippen LogP contribution in [0.3, 0.4) is 0 Å². The lowest BCUT2D eigenvalue weighted by molar-refractivity contribution is -0.153. The lowest BCUT2D eigenvalue weighted by Gasteiger charge is -2.29. The van der Waals surface area contributed by atoms with E-state index in [-0.39, 0.29) is 30.5 Å². The molecule has 1 atom stereocenters. The molecule has 2 heterocycles. The first-order chi connectivity index (χ1) is 16.8. The van der Waals surface area contributed by atoms with Crippen LogP contribution in [0.15, 0.2) is 36.4 Å². The van der Waals surface area contributed by atoms with Crippen molar-refractivity contribution in [3.05, 3.63) is 69.8 Å². The van der Waals surface area contributed by atoms with Gasteiger partial charge < -0.3 is 10.2 Å². The third-order valence-electron chi connectivity index (χ3n) is 6.14. The van der Waals surface area contributed by atoms with E-state index in [1.54, 1.807) is 0 Å². The van der Waals surface area contributed by atoms with E-state index >= 15 is 0 Å². The maximum absolute atomic E-state index is 14.7. The van der Waals surface area contributed by atoms with Crippen LogP contribution in [-0.4, -0.2) is 34.6 Å². The van der Waals surface area contributed by atoms with Gasteiger partial charge in [0.25, 0.3) is 11.8 Å². The third-order valence-corrected chi connectivity index (χ3v) is 6.14. The van der Waals surface area contributed by atoms with Gasteiger partial charge in [0.15, 0.2) is 0 Å². The molecule has 1 saturated heterocycles. The Morgan fingerprint density at radius 1 is 1.06 bits per heavy atom. The molecule has 2 aromatic carbocycles. The monoisotopic (exact) mass is 509 g/mol. The van der Waals surface area contributed by atoms with E-state index in [1.165, 1.54) is 30.0 Å². The van der Waals surface area contributed by atoms with Crippen molar-refractivity contribution in [2.24, 2.45) is 0 Å². The molecular weight excluding hydrogens is 489 g/mol. The van der Waals surface area contributed by atoms with Crippen LogP contribution < -0.4 is 10.6 Å². The van der Waals surface area contributed by atoms with E-state index in [4.69, 9.17) is 0 Å². The second-order valence-corrected chi connectivity index (χ2v) is 8.70. The van der Waals surface area contributed by atoms with Crippen molar-refractivity contribution >= 4 is 23.6 Å². The van der Waals surface area contributed by atoms with Gasteiger partial charge >= 0.3 is 12.1 Å². The fourth-order valence-electron chi connectivity index (χ4n) is 4.32. The average Bonchev–Trinajstić information content (AvgIpc) is 3.12. The Labute approximate surface area is 201 Å². The number of carbonyl (C=O) groups is 4. The van der Waals surface area contributed by atoms with Crippen molar-refractivity contribution in [1.82, 2.24) is 15.5 Å². The van der Waals surface area contributed by atoms with Gasteiger partial charge in [0, 0.05) is 30.6 Å². The van der Waals surface area contributed by atoms with E-state index in [0.29, 0.717) is 23.3 Å². The molecule has 4 rings (SSSR count). The zero-order valence-electron chi connectivity index (χ0n) is 18.8. The summed E-state index contributed by atoms with van der Waals surface area (Å²) in [7, 11) is 0. The summed E-state index contributed by atoms with van der Waals surface area (Å²) >= 11 is 0. The summed E-state index contributed by atoms with van der Waals surface area (Å²) in [5.74, 6) is -7.80. The Bertz CT molecular complexity index is 1270. The summed E-state index contributed by atoms with van der Waals surface area (Å²) < 4.78 is 69.4. The first-order valence-electron chi connectivity index (χ1n) is 10.9. The van der Waals surface area contributed by atoms with E-state index < -0.39 is 59.4 Å². The number of benzene rings is 2. The zero-order chi connectivity index (χ0) is 26.4. The van der Waals surface area contributed by atoms with Crippen LogP contribution in [0.5, 0.6) is 0 Å². The predicted octanol–water partition coefficient (Wildman–Crippen LogP) is 3.18. The molecule has 2 aromatic rings. The molecule has 0 saturated carbocycles. The number of fused-ring (bicyclic) bond motifs is 1. The maximum atomic E-state index is 14.7. The van der Waals surface area contributed by atoms with Gasteiger partial charge in [0.2, 0.25) is 11.8 Å². The molecule has 2 aliphatic rings. The first kappa shape index (κ1) is 25.3. The number of rotatable bonds is 5. The number of halogens is 5. The lowest BCUT2D eigenvalue weighted by atomic mass is 9.98. The van der Waals surface area contributed by atoms with E-state index in [9.17, 15) is 41.1 Å². The van der Waals surface area contributed by atoms with Crippen LogP contribution in [0.2, 0.25) is 0 Å². The van der Waals surface area contributed by atoms with Crippen molar-refractivity contribution < 1.29 is 41.1 Å². The smallest absolute Gasteiger partial charge is 0.346 e. The van der Waals surface area contributed by atoms with Crippen LogP contribution in [0, 0.1) is 6.92 Å². The number of hydrogen-bond donors (Lipinski definition) is 2. The Balaban J connectivity index is 1.48. The van der Waals surface area contributed by atoms with Gasteiger partial charge in [0.05, 0.1) is 5.56 Å². The molecule has 12 heteroatoms. The molecule has 7 nitrogen and oxygen atoms in total. The van der Waals surface area contributed by atoms with Crippen molar-refractivity contribution in [2.45, 2.75) is 51.0 Å². The van der Waals surface area contributed by atoms with Gasteiger partial charge in [-0.2, -0.15) is 22.0 Å². The number of carbonyl (C=O) groups excluding carboxylic acids is 4. The molecule has 0 aromatic heterocycles. The Kier molecular flexibility index (Phi) is 6.31. The summed E-state index contributed by atoms with van der Waals surface area (Å²) in [5.41, 5.74) is -1.82. The van der Waals surface area contributed by atoms with Crippen LogP contribution in [0.1, 0.15) is 51.0 Å². The molecular formula is C24H20F5N3O4. The number of nitrogens with one attached hydrogen (secondary N) is 2. The number of aryl methyl sites for hydroxylation is 1. The number of amides is 4. The van der Waals surface area contributed by atoms with Crippen LogP contribution in [0.25, 0.3) is 0 Å². The molecule has 4 amide bonds. The predicted molar refractivity (Wildman–Crippen MR) is 114 cm³/mol. The van der Waals surface area contributed by atoms with Gasteiger partial charge in [-0.25, -0.2) is 0 Å². The zero-order valence-corrected chi connectivity index (χ0v) is 18.8. The summed E-state index contributed by atoms with van der Waals surface area (Å²) in [5, 5.41) is 4.14. The van der Waals surface area contributed by atoms with Crippen LogP contribution in [0.4, 0.5) is 22.0 Å². The second-order valence-electron chi connectivity index (χ2n) is 8.70. The maximum Gasteiger partial charge on any atom is 0.416 e.